The monoisotopic (exact) mass is 403 g/mol. The van der Waals surface area contributed by atoms with Crippen molar-refractivity contribution in [3.63, 3.8) is 0 Å². The van der Waals surface area contributed by atoms with Gasteiger partial charge in [-0.2, -0.15) is 0 Å². The van der Waals surface area contributed by atoms with Gasteiger partial charge in [-0.25, -0.2) is 14.4 Å². The molecule has 0 aliphatic carbocycles. The largest absolute Gasteiger partial charge is 0.465 e. The van der Waals surface area contributed by atoms with E-state index in [1.165, 1.54) is 24.2 Å². The number of carbonyl (C=O) groups excluding carboxylic acids is 4. The molecule has 2 rings (SSSR count). The van der Waals surface area contributed by atoms with Crippen molar-refractivity contribution in [3.05, 3.63) is 41.5 Å². The molecule has 1 heterocycles. The summed E-state index contributed by atoms with van der Waals surface area (Å²) in [6, 6.07) is 5.83. The topological polar surface area (TPSA) is 99.2 Å². The first-order valence-electron chi connectivity index (χ1n) is 9.45. The summed E-state index contributed by atoms with van der Waals surface area (Å²) in [5.41, 5.74) is 1.08. The highest BCUT2D eigenvalue weighted by atomic mass is 16.5. The third-order valence-corrected chi connectivity index (χ3v) is 4.46. The van der Waals surface area contributed by atoms with E-state index in [9.17, 15) is 19.2 Å². The summed E-state index contributed by atoms with van der Waals surface area (Å²) >= 11 is 0. The Labute approximate surface area is 169 Å². The van der Waals surface area contributed by atoms with Crippen LogP contribution in [0.15, 0.2) is 30.3 Å². The van der Waals surface area contributed by atoms with Crippen molar-refractivity contribution in [2.45, 2.75) is 32.2 Å². The maximum absolute atomic E-state index is 12.4. The highest BCUT2D eigenvalue weighted by molar-refractivity contribution is 5.91. The number of methoxy groups -OCH3 is 1. The second kappa shape index (κ2) is 11.0. The Morgan fingerprint density at radius 3 is 2.48 bits per heavy atom. The van der Waals surface area contributed by atoms with Crippen LogP contribution in [-0.2, 0) is 28.6 Å². The third-order valence-electron chi connectivity index (χ3n) is 4.46. The number of hydrogen-bond donors (Lipinski definition) is 0. The highest BCUT2D eigenvalue weighted by Gasteiger charge is 2.33. The maximum atomic E-state index is 12.4. The minimum absolute atomic E-state index is 0.248. The van der Waals surface area contributed by atoms with E-state index in [1.54, 1.807) is 31.2 Å². The summed E-state index contributed by atoms with van der Waals surface area (Å²) in [5.74, 6) is -1.98. The number of likely N-dealkylation sites (tertiary alicyclic amines) is 1. The lowest BCUT2D eigenvalue weighted by Gasteiger charge is -2.33. The zero-order valence-corrected chi connectivity index (χ0v) is 16.6. The molecule has 0 N–H and O–H groups in total. The molecule has 29 heavy (non-hydrogen) atoms. The van der Waals surface area contributed by atoms with Gasteiger partial charge in [-0.3, -0.25) is 4.79 Å². The van der Waals surface area contributed by atoms with Gasteiger partial charge < -0.3 is 19.1 Å². The number of rotatable bonds is 7. The summed E-state index contributed by atoms with van der Waals surface area (Å²) in [6.07, 6.45) is 4.87. The minimum Gasteiger partial charge on any atom is -0.465 e. The van der Waals surface area contributed by atoms with E-state index >= 15 is 0 Å². The van der Waals surface area contributed by atoms with Crippen LogP contribution in [0.25, 0.3) is 6.08 Å². The van der Waals surface area contributed by atoms with Crippen LogP contribution in [0.2, 0.25) is 0 Å². The Morgan fingerprint density at radius 1 is 1.10 bits per heavy atom. The number of amides is 1. The van der Waals surface area contributed by atoms with Gasteiger partial charge in [-0.05, 0) is 50.0 Å². The first-order chi connectivity index (χ1) is 14.0. The lowest BCUT2D eigenvalue weighted by Crippen LogP contribution is -2.50. The van der Waals surface area contributed by atoms with Crippen LogP contribution in [0.4, 0.5) is 0 Å². The van der Waals surface area contributed by atoms with Crippen LogP contribution in [0.5, 0.6) is 0 Å². The van der Waals surface area contributed by atoms with E-state index in [0.29, 0.717) is 24.1 Å². The van der Waals surface area contributed by atoms with Crippen molar-refractivity contribution in [2.75, 3.05) is 26.9 Å². The Kier molecular flexibility index (Phi) is 8.39. The summed E-state index contributed by atoms with van der Waals surface area (Å²) < 4.78 is 14.6. The normalized spacial score (nSPS) is 16.3. The van der Waals surface area contributed by atoms with Crippen LogP contribution in [0, 0.1) is 0 Å². The molecular weight excluding hydrogens is 378 g/mol. The van der Waals surface area contributed by atoms with Crippen molar-refractivity contribution < 1.29 is 33.4 Å². The zero-order valence-electron chi connectivity index (χ0n) is 16.6. The van der Waals surface area contributed by atoms with Gasteiger partial charge in [-0.15, -0.1) is 0 Å². The summed E-state index contributed by atoms with van der Waals surface area (Å²) in [5, 5.41) is 0. The van der Waals surface area contributed by atoms with Gasteiger partial charge in [0.1, 0.15) is 6.04 Å². The van der Waals surface area contributed by atoms with E-state index < -0.39 is 36.5 Å². The highest BCUT2D eigenvalue weighted by Crippen LogP contribution is 2.18. The Balaban J connectivity index is 1.87. The fourth-order valence-electron chi connectivity index (χ4n) is 2.99. The molecule has 1 aliphatic rings. The molecule has 0 saturated carbocycles. The Morgan fingerprint density at radius 2 is 1.83 bits per heavy atom. The molecule has 0 radical (unpaired) electrons. The number of esters is 3. The van der Waals surface area contributed by atoms with Crippen LogP contribution in [0.1, 0.15) is 42.1 Å². The first-order valence-corrected chi connectivity index (χ1v) is 9.45. The molecule has 0 aromatic heterocycles. The quantitative estimate of drug-likeness (QED) is 0.390. The Hall–Kier alpha value is -3.16. The molecule has 1 fully saturated rings. The predicted octanol–water partition coefficient (Wildman–Crippen LogP) is 1.97. The van der Waals surface area contributed by atoms with Gasteiger partial charge in [-0.1, -0.05) is 12.1 Å². The van der Waals surface area contributed by atoms with Crippen molar-refractivity contribution in [1.29, 1.82) is 0 Å². The number of benzene rings is 1. The van der Waals surface area contributed by atoms with Crippen LogP contribution >= 0.6 is 0 Å². The number of hydrogen-bond acceptors (Lipinski definition) is 7. The number of piperidine rings is 1. The van der Waals surface area contributed by atoms with E-state index in [-0.39, 0.29) is 6.61 Å². The van der Waals surface area contributed by atoms with Crippen LogP contribution < -0.4 is 0 Å². The molecule has 1 aromatic rings. The second-order valence-electron chi connectivity index (χ2n) is 6.41. The molecule has 156 valence electrons. The summed E-state index contributed by atoms with van der Waals surface area (Å²) in [4.78, 5) is 49.1. The van der Waals surface area contributed by atoms with Gasteiger partial charge in [0.15, 0.2) is 6.61 Å². The second-order valence-corrected chi connectivity index (χ2v) is 6.41. The molecule has 8 heteroatoms. The minimum atomic E-state index is -0.680. The lowest BCUT2D eigenvalue weighted by molar-refractivity contribution is -0.159. The van der Waals surface area contributed by atoms with E-state index in [0.717, 1.165) is 12.8 Å². The standard InChI is InChI=1S/C21H25NO7/c1-3-28-21(26)17-6-4-5-13-22(17)18(23)14-29-19(24)12-9-15-7-10-16(11-8-15)20(25)27-2/h7-12,17H,3-6,13-14H2,1-2H3/b12-9+. The molecule has 1 aromatic carbocycles. The van der Waals surface area contributed by atoms with Crippen molar-refractivity contribution >= 4 is 29.9 Å². The lowest BCUT2D eigenvalue weighted by atomic mass is 10.0. The molecule has 1 unspecified atom stereocenters. The van der Waals surface area contributed by atoms with Gasteiger partial charge in [0.25, 0.3) is 5.91 Å². The van der Waals surface area contributed by atoms with Gasteiger partial charge in [0, 0.05) is 12.6 Å². The van der Waals surface area contributed by atoms with E-state index in [1.807, 2.05) is 0 Å². The average molecular weight is 403 g/mol. The summed E-state index contributed by atoms with van der Waals surface area (Å²) in [6.45, 7) is 1.95. The maximum Gasteiger partial charge on any atom is 0.337 e. The van der Waals surface area contributed by atoms with Crippen LogP contribution in [-0.4, -0.2) is 61.6 Å². The van der Waals surface area contributed by atoms with Gasteiger partial charge in [0.05, 0.1) is 19.3 Å². The SMILES string of the molecule is CCOC(=O)C1CCCCN1C(=O)COC(=O)/C=C/c1ccc(C(=O)OC)cc1. The number of carbonyl (C=O) groups is 4. The third kappa shape index (κ3) is 6.44. The molecule has 1 atom stereocenters. The predicted molar refractivity (Wildman–Crippen MR) is 104 cm³/mol. The first kappa shape index (κ1) is 22.1. The molecule has 8 nitrogen and oxygen atoms in total. The average Bonchev–Trinajstić information content (AvgIpc) is 2.76. The van der Waals surface area contributed by atoms with Crippen molar-refractivity contribution in [2.24, 2.45) is 0 Å². The zero-order chi connectivity index (χ0) is 21.2. The molecule has 1 saturated heterocycles. The van der Waals surface area contributed by atoms with Crippen molar-refractivity contribution in [1.82, 2.24) is 4.90 Å². The molecule has 0 spiro atoms. The van der Waals surface area contributed by atoms with Crippen LogP contribution in [0.3, 0.4) is 0 Å². The van der Waals surface area contributed by atoms with Gasteiger partial charge >= 0.3 is 17.9 Å². The number of ether oxygens (including phenoxy) is 3. The molecule has 0 bridgehead atoms. The summed E-state index contributed by atoms with van der Waals surface area (Å²) in [7, 11) is 1.30. The van der Waals surface area contributed by atoms with E-state index in [2.05, 4.69) is 4.74 Å². The molecule has 1 amide bonds. The van der Waals surface area contributed by atoms with Crippen molar-refractivity contribution in [3.8, 4) is 0 Å². The van der Waals surface area contributed by atoms with E-state index in [4.69, 9.17) is 9.47 Å². The molecule has 1 aliphatic heterocycles. The fraction of sp³-hybridized carbons (Fsp3) is 0.429. The molecular formula is C21H25NO7. The Bertz CT molecular complexity index is 770. The number of nitrogens with zero attached hydrogens (tertiary/aromatic N) is 1. The van der Waals surface area contributed by atoms with Gasteiger partial charge in [0.2, 0.25) is 0 Å². The fourth-order valence-corrected chi connectivity index (χ4v) is 2.99. The smallest absolute Gasteiger partial charge is 0.337 e.